The Hall–Kier alpha value is -3.27. The van der Waals surface area contributed by atoms with Crippen molar-refractivity contribution >= 4 is 29.2 Å². The molecule has 4 heterocycles. The molecule has 1 spiro atoms. The molecule has 3 N–H and O–H groups in total. The van der Waals surface area contributed by atoms with E-state index >= 15 is 0 Å². The highest BCUT2D eigenvalue weighted by Gasteiger charge is 2.48. The number of rotatable bonds is 5. The first-order chi connectivity index (χ1) is 18.1. The van der Waals surface area contributed by atoms with Crippen molar-refractivity contribution in [3.63, 3.8) is 0 Å². The smallest absolute Gasteiger partial charge is 0.257 e. The maximum absolute atomic E-state index is 13.6. The Morgan fingerprint density at radius 3 is 2.55 bits per heavy atom. The van der Waals surface area contributed by atoms with Crippen LogP contribution < -0.4 is 16.0 Å². The van der Waals surface area contributed by atoms with E-state index in [1.54, 1.807) is 12.3 Å². The second-order valence-corrected chi connectivity index (χ2v) is 12.1. The fraction of sp³-hybridized carbons (Fsp3) is 0.607. The van der Waals surface area contributed by atoms with Crippen LogP contribution in [0.5, 0.6) is 0 Å². The predicted octanol–water partition coefficient (Wildman–Crippen LogP) is 3.93. The van der Waals surface area contributed by atoms with Crippen LogP contribution in [0.1, 0.15) is 87.8 Å². The summed E-state index contributed by atoms with van der Waals surface area (Å²) in [6.45, 7) is 9.13. The molecule has 1 aliphatic carbocycles. The van der Waals surface area contributed by atoms with E-state index in [2.05, 4.69) is 33.0 Å². The average Bonchev–Trinajstić information content (AvgIpc) is 3.48. The molecular formula is C28H37N5O5. The number of anilines is 2. The molecule has 2 aromatic rings. The summed E-state index contributed by atoms with van der Waals surface area (Å²) in [4.78, 5) is 44.3. The summed E-state index contributed by atoms with van der Waals surface area (Å²) in [5.41, 5.74) is 1.37. The summed E-state index contributed by atoms with van der Waals surface area (Å²) in [5, 5.41) is 12.9. The molecule has 0 bridgehead atoms. The Morgan fingerprint density at radius 1 is 1.16 bits per heavy atom. The molecule has 1 saturated heterocycles. The minimum atomic E-state index is -0.746. The van der Waals surface area contributed by atoms with Crippen LogP contribution in [-0.2, 0) is 25.2 Å². The van der Waals surface area contributed by atoms with Gasteiger partial charge in [0.2, 0.25) is 11.8 Å². The first-order valence-corrected chi connectivity index (χ1v) is 13.5. The first kappa shape index (κ1) is 26.3. The maximum Gasteiger partial charge on any atom is 0.257 e. The Bertz CT molecular complexity index is 1220. The van der Waals surface area contributed by atoms with Gasteiger partial charge in [-0.15, -0.1) is 0 Å². The fourth-order valence-corrected chi connectivity index (χ4v) is 5.97. The van der Waals surface area contributed by atoms with Crippen LogP contribution in [0.2, 0.25) is 0 Å². The molecule has 2 aliphatic heterocycles. The molecular weight excluding hydrogens is 486 g/mol. The van der Waals surface area contributed by atoms with Crippen LogP contribution >= 0.6 is 0 Å². The Balaban J connectivity index is 1.36. The normalized spacial score (nSPS) is 23.4. The van der Waals surface area contributed by atoms with Crippen molar-refractivity contribution in [2.45, 2.75) is 83.1 Å². The zero-order valence-corrected chi connectivity index (χ0v) is 22.6. The van der Waals surface area contributed by atoms with Gasteiger partial charge in [0.25, 0.3) is 5.91 Å². The summed E-state index contributed by atoms with van der Waals surface area (Å²) in [6, 6.07) is 0.957. The molecule has 1 atom stereocenters. The van der Waals surface area contributed by atoms with Gasteiger partial charge in [0, 0.05) is 36.5 Å². The third kappa shape index (κ3) is 4.93. The van der Waals surface area contributed by atoms with Gasteiger partial charge in [-0.05, 0) is 37.5 Å². The topological polar surface area (TPSA) is 135 Å². The lowest BCUT2D eigenvalue weighted by molar-refractivity contribution is -0.124. The summed E-state index contributed by atoms with van der Waals surface area (Å²) >= 11 is 0. The molecule has 3 amide bonds. The van der Waals surface area contributed by atoms with Crippen LogP contribution in [-0.4, -0.2) is 47.1 Å². The van der Waals surface area contributed by atoms with E-state index < -0.39 is 16.9 Å². The molecule has 0 aromatic carbocycles. The Morgan fingerprint density at radius 2 is 1.87 bits per heavy atom. The van der Waals surface area contributed by atoms with Gasteiger partial charge in [-0.25, -0.2) is 4.98 Å². The van der Waals surface area contributed by atoms with Gasteiger partial charge in [0.1, 0.15) is 29.4 Å². The highest BCUT2D eigenvalue weighted by Crippen LogP contribution is 2.44. The van der Waals surface area contributed by atoms with E-state index in [1.807, 2.05) is 20.8 Å². The van der Waals surface area contributed by atoms with Crippen LogP contribution in [0.15, 0.2) is 23.0 Å². The molecule has 1 saturated carbocycles. The van der Waals surface area contributed by atoms with Crippen LogP contribution in [0.3, 0.4) is 0 Å². The number of nitrogens with one attached hydrogen (secondary N) is 3. The number of carbonyl (C=O) groups excluding carboxylic acids is 3. The lowest BCUT2D eigenvalue weighted by Gasteiger charge is -2.32. The lowest BCUT2D eigenvalue weighted by atomic mass is 9.76. The van der Waals surface area contributed by atoms with Gasteiger partial charge >= 0.3 is 0 Å². The van der Waals surface area contributed by atoms with E-state index in [0.717, 1.165) is 31.2 Å². The van der Waals surface area contributed by atoms with Crippen LogP contribution in [0, 0.1) is 11.8 Å². The van der Waals surface area contributed by atoms with E-state index in [1.165, 1.54) is 6.26 Å². The van der Waals surface area contributed by atoms with Crippen molar-refractivity contribution in [3.8, 4) is 0 Å². The molecule has 3 aliphatic rings. The zero-order chi connectivity index (χ0) is 27.1. The summed E-state index contributed by atoms with van der Waals surface area (Å²) in [7, 11) is 0. The quantitative estimate of drug-likeness (QED) is 0.540. The van der Waals surface area contributed by atoms with Crippen molar-refractivity contribution in [1.29, 1.82) is 0 Å². The van der Waals surface area contributed by atoms with Crippen molar-refractivity contribution in [3.05, 3.63) is 35.3 Å². The molecule has 2 fully saturated rings. The highest BCUT2D eigenvalue weighted by molar-refractivity contribution is 6.07. The van der Waals surface area contributed by atoms with Crippen molar-refractivity contribution in [2.75, 3.05) is 23.8 Å². The minimum Gasteiger partial charge on any atom is -0.381 e. The molecule has 10 nitrogen and oxygen atoms in total. The number of amides is 3. The van der Waals surface area contributed by atoms with Gasteiger partial charge in [-0.2, -0.15) is 0 Å². The maximum atomic E-state index is 13.6. The van der Waals surface area contributed by atoms with Crippen LogP contribution in [0.4, 0.5) is 11.5 Å². The second kappa shape index (κ2) is 10.1. The number of pyridine rings is 1. The van der Waals surface area contributed by atoms with Gasteiger partial charge in [-0.1, -0.05) is 45.7 Å². The predicted molar refractivity (Wildman–Crippen MR) is 141 cm³/mol. The average molecular weight is 524 g/mol. The highest BCUT2D eigenvalue weighted by atomic mass is 16.5. The van der Waals surface area contributed by atoms with E-state index in [9.17, 15) is 14.4 Å². The fourth-order valence-electron chi connectivity index (χ4n) is 5.97. The SMILES string of the molecule is CC1CCC(C(NC(=O)c2conc2C(C)(C)C)C(=O)Nc2cc3c(cn2)C2(CCOCC2)C(=O)N3)CC1. The monoisotopic (exact) mass is 523 g/mol. The Kier molecular flexibility index (Phi) is 7.02. The number of ether oxygens (including phenoxy) is 1. The van der Waals surface area contributed by atoms with Crippen molar-refractivity contribution in [1.82, 2.24) is 15.5 Å². The molecule has 5 rings (SSSR count). The van der Waals surface area contributed by atoms with Crippen LogP contribution in [0.25, 0.3) is 0 Å². The van der Waals surface area contributed by atoms with Crippen molar-refractivity contribution < 1.29 is 23.6 Å². The summed E-state index contributed by atoms with van der Waals surface area (Å²) in [6.07, 6.45) is 7.90. The number of aromatic nitrogens is 2. The third-order valence-electron chi connectivity index (χ3n) is 8.33. The van der Waals surface area contributed by atoms with Crippen molar-refractivity contribution in [2.24, 2.45) is 11.8 Å². The molecule has 0 radical (unpaired) electrons. The lowest BCUT2D eigenvalue weighted by Crippen LogP contribution is -2.49. The number of hydrogen-bond donors (Lipinski definition) is 3. The number of nitrogens with zero attached hydrogens (tertiary/aromatic N) is 2. The molecule has 204 valence electrons. The number of carbonyl (C=O) groups is 3. The Labute approximate surface area is 222 Å². The van der Waals surface area contributed by atoms with E-state index in [4.69, 9.17) is 9.26 Å². The standard InChI is InChI=1S/C28H37N5O5/c1-16-5-7-17(8-6-16)22(32-24(34)18-15-38-33-23(18)27(2,3)4)25(35)31-21-13-20-19(14-29-21)28(26(36)30-20)9-11-37-12-10-28/h13-17,22H,5-12H2,1-4H3,(H,30,36)(H,32,34)(H,29,31,35). The summed E-state index contributed by atoms with van der Waals surface area (Å²) in [5.74, 6) is 0.158. The first-order valence-electron chi connectivity index (χ1n) is 13.5. The largest absolute Gasteiger partial charge is 0.381 e. The summed E-state index contributed by atoms with van der Waals surface area (Å²) < 4.78 is 10.6. The zero-order valence-electron chi connectivity index (χ0n) is 22.6. The molecule has 1 unspecified atom stereocenters. The third-order valence-corrected chi connectivity index (χ3v) is 8.33. The van der Waals surface area contributed by atoms with Gasteiger partial charge in [-0.3, -0.25) is 14.4 Å². The van der Waals surface area contributed by atoms with E-state index in [-0.39, 0.29) is 23.6 Å². The molecule has 10 heteroatoms. The number of fused-ring (bicyclic) bond motifs is 2. The van der Waals surface area contributed by atoms with Gasteiger partial charge in [0.15, 0.2) is 0 Å². The minimum absolute atomic E-state index is 0.00673. The van der Waals surface area contributed by atoms with E-state index in [0.29, 0.717) is 54.7 Å². The van der Waals surface area contributed by atoms with Gasteiger partial charge in [0.05, 0.1) is 11.1 Å². The number of hydrogen-bond acceptors (Lipinski definition) is 7. The molecule has 2 aromatic heterocycles. The molecule has 38 heavy (non-hydrogen) atoms. The second-order valence-electron chi connectivity index (χ2n) is 12.1. The van der Waals surface area contributed by atoms with Gasteiger partial charge < -0.3 is 25.2 Å².